The van der Waals surface area contributed by atoms with Crippen molar-refractivity contribution in [1.82, 2.24) is 10.6 Å². The zero-order valence-electron chi connectivity index (χ0n) is 17.5. The molecule has 1 fully saturated rings. The van der Waals surface area contributed by atoms with Gasteiger partial charge in [-0.25, -0.2) is 9.18 Å². The number of carbonyl (C=O) groups excluding carboxylic acids is 1. The molecule has 3 N–H and O–H groups in total. The monoisotopic (exact) mass is 429 g/mol. The Morgan fingerprint density at radius 3 is 2.42 bits per heavy atom. The van der Waals surface area contributed by atoms with Crippen LogP contribution in [0.2, 0.25) is 0 Å². The van der Waals surface area contributed by atoms with E-state index in [2.05, 4.69) is 10.6 Å². The zero-order chi connectivity index (χ0) is 22.2. The number of carbonyl (C=O) groups is 2. The number of anilines is 1. The molecule has 2 amide bonds. The van der Waals surface area contributed by atoms with Crippen molar-refractivity contribution in [3.8, 4) is 5.75 Å². The number of carboxylic acids is 1. The molecule has 0 aromatic heterocycles. The van der Waals surface area contributed by atoms with E-state index in [0.717, 1.165) is 31.5 Å². The van der Waals surface area contributed by atoms with Gasteiger partial charge >= 0.3 is 12.0 Å². The van der Waals surface area contributed by atoms with Gasteiger partial charge in [0.15, 0.2) is 0 Å². The SMILES string of the molecule is CC(COc1ccc(CNC(=O)N(c2ccc(F)cc2)C2CCNCC2)cc1)C(=O)O. The number of ether oxygens (including phenoxy) is 1. The highest BCUT2D eigenvalue weighted by molar-refractivity contribution is 5.92. The van der Waals surface area contributed by atoms with Gasteiger partial charge < -0.3 is 20.5 Å². The summed E-state index contributed by atoms with van der Waals surface area (Å²) in [5, 5.41) is 15.2. The lowest BCUT2D eigenvalue weighted by molar-refractivity contribution is -0.142. The Bertz CT molecular complexity index is 867. The van der Waals surface area contributed by atoms with Gasteiger partial charge in [-0.2, -0.15) is 0 Å². The van der Waals surface area contributed by atoms with Crippen LogP contribution in [0.5, 0.6) is 5.75 Å². The van der Waals surface area contributed by atoms with E-state index in [1.54, 1.807) is 36.1 Å². The van der Waals surface area contributed by atoms with E-state index in [1.165, 1.54) is 12.1 Å². The molecule has 2 aromatic rings. The molecule has 1 unspecified atom stereocenters. The molecule has 0 aliphatic carbocycles. The Hall–Kier alpha value is -3.13. The molecule has 8 heteroatoms. The summed E-state index contributed by atoms with van der Waals surface area (Å²) in [6.07, 6.45) is 1.65. The van der Waals surface area contributed by atoms with Gasteiger partial charge in [-0.3, -0.25) is 9.69 Å². The number of rotatable bonds is 8. The van der Waals surface area contributed by atoms with Crippen LogP contribution in [0.3, 0.4) is 0 Å². The minimum atomic E-state index is -0.904. The number of aliphatic carboxylic acids is 1. The highest BCUT2D eigenvalue weighted by Crippen LogP contribution is 2.23. The fraction of sp³-hybridized carbons (Fsp3) is 0.391. The molecule has 1 aliphatic heterocycles. The molecule has 1 atom stereocenters. The predicted molar refractivity (Wildman–Crippen MR) is 116 cm³/mol. The minimum absolute atomic E-state index is 0.0405. The van der Waals surface area contributed by atoms with Crippen molar-refractivity contribution in [1.29, 1.82) is 0 Å². The maximum atomic E-state index is 13.4. The number of halogens is 1. The number of benzene rings is 2. The van der Waals surface area contributed by atoms with Crippen LogP contribution in [0, 0.1) is 11.7 Å². The van der Waals surface area contributed by atoms with E-state index in [9.17, 15) is 14.0 Å². The number of hydrogen-bond acceptors (Lipinski definition) is 4. The number of piperidine rings is 1. The first kappa shape index (κ1) is 22.6. The molecule has 31 heavy (non-hydrogen) atoms. The first-order chi connectivity index (χ1) is 14.9. The molecule has 2 aromatic carbocycles. The van der Waals surface area contributed by atoms with Crippen molar-refractivity contribution >= 4 is 17.7 Å². The molecule has 1 heterocycles. The van der Waals surface area contributed by atoms with Crippen LogP contribution in [-0.2, 0) is 11.3 Å². The highest BCUT2D eigenvalue weighted by atomic mass is 19.1. The van der Waals surface area contributed by atoms with Crippen LogP contribution >= 0.6 is 0 Å². The Balaban J connectivity index is 1.61. The van der Waals surface area contributed by atoms with E-state index in [4.69, 9.17) is 9.84 Å². The Morgan fingerprint density at radius 2 is 1.81 bits per heavy atom. The molecule has 0 saturated carbocycles. The van der Waals surface area contributed by atoms with Crippen molar-refractivity contribution in [2.75, 3.05) is 24.6 Å². The third kappa shape index (κ3) is 6.42. The van der Waals surface area contributed by atoms with Crippen LogP contribution < -0.4 is 20.3 Å². The van der Waals surface area contributed by atoms with E-state index in [-0.39, 0.29) is 24.5 Å². The molecule has 0 radical (unpaired) electrons. The largest absolute Gasteiger partial charge is 0.493 e. The molecule has 166 valence electrons. The second-order valence-corrected chi connectivity index (χ2v) is 7.68. The topological polar surface area (TPSA) is 90.9 Å². The smallest absolute Gasteiger partial charge is 0.322 e. The highest BCUT2D eigenvalue weighted by Gasteiger charge is 2.26. The third-order valence-corrected chi connectivity index (χ3v) is 5.29. The van der Waals surface area contributed by atoms with Crippen LogP contribution in [0.25, 0.3) is 0 Å². The lowest BCUT2D eigenvalue weighted by Crippen LogP contribution is -2.50. The number of amides is 2. The molecule has 7 nitrogen and oxygen atoms in total. The average Bonchev–Trinajstić information content (AvgIpc) is 2.79. The quantitative estimate of drug-likeness (QED) is 0.598. The summed E-state index contributed by atoms with van der Waals surface area (Å²) < 4.78 is 18.8. The Morgan fingerprint density at radius 1 is 1.16 bits per heavy atom. The zero-order valence-corrected chi connectivity index (χ0v) is 17.5. The fourth-order valence-electron chi connectivity index (χ4n) is 3.42. The lowest BCUT2D eigenvalue weighted by Gasteiger charge is -2.34. The Kier molecular flexibility index (Phi) is 7.83. The van der Waals surface area contributed by atoms with Gasteiger partial charge in [0, 0.05) is 18.3 Å². The van der Waals surface area contributed by atoms with Gasteiger partial charge in [-0.05, 0) is 74.8 Å². The van der Waals surface area contributed by atoms with Crippen molar-refractivity contribution in [3.63, 3.8) is 0 Å². The average molecular weight is 429 g/mol. The van der Waals surface area contributed by atoms with Gasteiger partial charge in [0.25, 0.3) is 0 Å². The summed E-state index contributed by atoms with van der Waals surface area (Å²) in [6, 6.07) is 12.9. The second kappa shape index (κ2) is 10.8. The van der Waals surface area contributed by atoms with E-state index in [0.29, 0.717) is 18.0 Å². The molecule has 1 saturated heterocycles. The summed E-state index contributed by atoms with van der Waals surface area (Å²) in [4.78, 5) is 25.6. The van der Waals surface area contributed by atoms with Crippen LogP contribution in [0.15, 0.2) is 48.5 Å². The summed E-state index contributed by atoms with van der Waals surface area (Å²) in [5.74, 6) is -1.26. The van der Waals surface area contributed by atoms with Gasteiger partial charge in [-0.15, -0.1) is 0 Å². The summed E-state index contributed by atoms with van der Waals surface area (Å²) in [6.45, 7) is 3.66. The van der Waals surface area contributed by atoms with Crippen LogP contribution in [-0.4, -0.2) is 42.8 Å². The number of urea groups is 1. The van der Waals surface area contributed by atoms with Gasteiger partial charge in [-0.1, -0.05) is 12.1 Å². The van der Waals surface area contributed by atoms with Gasteiger partial charge in [0.05, 0.1) is 5.92 Å². The predicted octanol–water partition coefficient (Wildman–Crippen LogP) is 3.39. The number of hydrogen-bond donors (Lipinski definition) is 3. The van der Waals surface area contributed by atoms with Crippen LogP contribution in [0.4, 0.5) is 14.9 Å². The maximum absolute atomic E-state index is 13.4. The third-order valence-electron chi connectivity index (χ3n) is 5.29. The number of nitrogens with one attached hydrogen (secondary N) is 2. The first-order valence-corrected chi connectivity index (χ1v) is 10.4. The molecule has 3 rings (SSSR count). The van der Waals surface area contributed by atoms with Gasteiger partial charge in [0.1, 0.15) is 18.2 Å². The second-order valence-electron chi connectivity index (χ2n) is 7.68. The van der Waals surface area contributed by atoms with Crippen LogP contribution in [0.1, 0.15) is 25.3 Å². The van der Waals surface area contributed by atoms with Crippen molar-refractivity contribution < 1.29 is 23.8 Å². The maximum Gasteiger partial charge on any atom is 0.322 e. The summed E-state index contributed by atoms with van der Waals surface area (Å²) in [7, 11) is 0. The van der Waals surface area contributed by atoms with Crippen molar-refractivity contribution in [3.05, 3.63) is 59.9 Å². The van der Waals surface area contributed by atoms with E-state index >= 15 is 0 Å². The molecule has 1 aliphatic rings. The standard InChI is InChI=1S/C23H28FN3O4/c1-16(22(28)29)15-31-21-8-2-17(3-9-21)14-26-23(30)27(20-10-12-25-13-11-20)19-6-4-18(24)5-7-19/h2-9,16,20,25H,10-15H2,1H3,(H,26,30)(H,28,29). The van der Waals surface area contributed by atoms with Gasteiger partial charge in [0.2, 0.25) is 0 Å². The normalized spacial score (nSPS) is 15.2. The fourth-order valence-corrected chi connectivity index (χ4v) is 3.42. The van der Waals surface area contributed by atoms with E-state index in [1.807, 2.05) is 12.1 Å². The van der Waals surface area contributed by atoms with Crippen molar-refractivity contribution in [2.45, 2.75) is 32.4 Å². The number of nitrogens with zero attached hydrogens (tertiary/aromatic N) is 1. The molecular weight excluding hydrogens is 401 g/mol. The molecule has 0 spiro atoms. The minimum Gasteiger partial charge on any atom is -0.493 e. The summed E-state index contributed by atoms with van der Waals surface area (Å²) >= 11 is 0. The summed E-state index contributed by atoms with van der Waals surface area (Å²) in [5.41, 5.74) is 1.55. The molecular formula is C23H28FN3O4. The Labute approximate surface area is 181 Å². The first-order valence-electron chi connectivity index (χ1n) is 10.4. The van der Waals surface area contributed by atoms with Crippen molar-refractivity contribution in [2.24, 2.45) is 5.92 Å². The number of carboxylic acid groups (broad SMARTS) is 1. The molecule has 0 bridgehead atoms. The lowest BCUT2D eigenvalue weighted by atomic mass is 10.0. The van der Waals surface area contributed by atoms with E-state index < -0.39 is 11.9 Å².